The number of carbonyl (C=O) groups is 3. The predicted molar refractivity (Wildman–Crippen MR) is 154 cm³/mol. The molecule has 2 aliphatic rings. The molecule has 0 aromatic heterocycles. The summed E-state index contributed by atoms with van der Waals surface area (Å²) in [5.41, 5.74) is 2.64. The van der Waals surface area contributed by atoms with E-state index >= 15 is 0 Å². The van der Waals surface area contributed by atoms with Crippen LogP contribution in [-0.4, -0.2) is 83.0 Å². The van der Waals surface area contributed by atoms with E-state index in [1.807, 2.05) is 23.1 Å². The summed E-state index contributed by atoms with van der Waals surface area (Å²) in [7, 11) is 0. The van der Waals surface area contributed by atoms with Crippen LogP contribution in [0.25, 0.3) is 0 Å². The van der Waals surface area contributed by atoms with Crippen LogP contribution < -0.4 is 0 Å². The molecular formula is C32H42F3N3O4. The first-order chi connectivity index (χ1) is 20.0. The van der Waals surface area contributed by atoms with Crippen molar-refractivity contribution in [2.24, 2.45) is 11.8 Å². The van der Waals surface area contributed by atoms with Gasteiger partial charge in [-0.1, -0.05) is 60.7 Å². The molecule has 230 valence electrons. The molecule has 2 aromatic rings. The Morgan fingerprint density at radius 3 is 1.88 bits per heavy atom. The second kappa shape index (κ2) is 16.3. The molecule has 4 rings (SSSR count). The van der Waals surface area contributed by atoms with E-state index in [4.69, 9.17) is 9.90 Å². The Labute approximate surface area is 246 Å². The van der Waals surface area contributed by atoms with Gasteiger partial charge in [-0.05, 0) is 75.2 Å². The van der Waals surface area contributed by atoms with Crippen LogP contribution in [0.3, 0.4) is 0 Å². The minimum atomic E-state index is -5.08. The summed E-state index contributed by atoms with van der Waals surface area (Å²) in [5, 5.41) is 7.12. The van der Waals surface area contributed by atoms with E-state index in [0.717, 1.165) is 51.4 Å². The molecule has 10 heteroatoms. The summed E-state index contributed by atoms with van der Waals surface area (Å²) >= 11 is 0. The zero-order valence-electron chi connectivity index (χ0n) is 24.3. The first-order valence-corrected chi connectivity index (χ1v) is 14.7. The smallest absolute Gasteiger partial charge is 0.475 e. The number of carboxylic acid groups (broad SMARTS) is 1. The molecule has 1 N–H and O–H groups in total. The lowest BCUT2D eigenvalue weighted by Crippen LogP contribution is -2.44. The van der Waals surface area contributed by atoms with Gasteiger partial charge in [0.2, 0.25) is 11.8 Å². The van der Waals surface area contributed by atoms with Gasteiger partial charge in [0.05, 0.1) is 0 Å². The van der Waals surface area contributed by atoms with Gasteiger partial charge in [0.1, 0.15) is 0 Å². The van der Waals surface area contributed by atoms with Crippen LogP contribution in [0, 0.1) is 11.8 Å². The number of carbonyl (C=O) groups excluding carboxylic acids is 2. The van der Waals surface area contributed by atoms with Crippen molar-refractivity contribution in [1.82, 2.24) is 14.7 Å². The van der Waals surface area contributed by atoms with Crippen molar-refractivity contribution in [3.05, 3.63) is 71.8 Å². The number of alkyl halides is 3. The number of hydrogen-bond donors (Lipinski definition) is 1. The van der Waals surface area contributed by atoms with Gasteiger partial charge in [0.15, 0.2) is 0 Å². The van der Waals surface area contributed by atoms with Gasteiger partial charge in [-0.25, -0.2) is 4.79 Å². The number of amides is 2. The lowest BCUT2D eigenvalue weighted by atomic mass is 9.90. The van der Waals surface area contributed by atoms with Crippen LogP contribution in [0.1, 0.15) is 50.2 Å². The minimum absolute atomic E-state index is 0.0306. The average Bonchev–Trinajstić information content (AvgIpc) is 2.98. The second-order valence-corrected chi connectivity index (χ2v) is 11.2. The third kappa shape index (κ3) is 11.1. The van der Waals surface area contributed by atoms with Crippen molar-refractivity contribution in [3.63, 3.8) is 0 Å². The van der Waals surface area contributed by atoms with E-state index in [-0.39, 0.29) is 17.7 Å². The molecule has 0 saturated carbocycles. The van der Waals surface area contributed by atoms with Gasteiger partial charge in [0, 0.05) is 39.0 Å². The Morgan fingerprint density at radius 2 is 1.38 bits per heavy atom. The van der Waals surface area contributed by atoms with E-state index in [0.29, 0.717) is 19.6 Å². The molecule has 2 fully saturated rings. The molecule has 0 atom stereocenters. The minimum Gasteiger partial charge on any atom is -0.475 e. The van der Waals surface area contributed by atoms with Gasteiger partial charge in [-0.2, -0.15) is 13.2 Å². The summed E-state index contributed by atoms with van der Waals surface area (Å²) in [5.74, 6) is -1.57. The SMILES string of the molecule is CC(=O)N1CCC(C(=O)N(CCCN2CCC(Cc3ccccc3)CC2)Cc2ccccc2)CC1.O=C(O)C(F)(F)F. The summed E-state index contributed by atoms with van der Waals surface area (Å²) < 4.78 is 31.7. The highest BCUT2D eigenvalue weighted by Crippen LogP contribution is 2.23. The van der Waals surface area contributed by atoms with E-state index in [9.17, 15) is 22.8 Å². The number of halogens is 3. The first-order valence-electron chi connectivity index (χ1n) is 14.7. The van der Waals surface area contributed by atoms with Crippen LogP contribution in [0.5, 0.6) is 0 Å². The maximum atomic E-state index is 13.5. The number of carboxylic acids is 1. The number of aliphatic carboxylic acids is 1. The number of benzene rings is 2. The fourth-order valence-electron chi connectivity index (χ4n) is 5.62. The normalized spacial score (nSPS) is 16.8. The Morgan fingerprint density at radius 1 is 0.857 bits per heavy atom. The Bertz CT molecular complexity index is 1110. The van der Waals surface area contributed by atoms with Crippen molar-refractivity contribution in [1.29, 1.82) is 0 Å². The fourth-order valence-corrected chi connectivity index (χ4v) is 5.62. The fraction of sp³-hybridized carbons (Fsp3) is 0.531. The number of hydrogen-bond acceptors (Lipinski definition) is 4. The molecule has 2 amide bonds. The molecular weight excluding hydrogens is 547 g/mol. The van der Waals surface area contributed by atoms with Gasteiger partial charge >= 0.3 is 12.1 Å². The highest BCUT2D eigenvalue weighted by atomic mass is 19.4. The highest BCUT2D eigenvalue weighted by molar-refractivity contribution is 5.79. The van der Waals surface area contributed by atoms with Crippen LogP contribution in [0.4, 0.5) is 13.2 Å². The third-order valence-electron chi connectivity index (χ3n) is 8.04. The van der Waals surface area contributed by atoms with Crippen LogP contribution in [-0.2, 0) is 27.3 Å². The quantitative estimate of drug-likeness (QED) is 0.432. The molecule has 0 spiro atoms. The molecule has 2 aliphatic heterocycles. The van der Waals surface area contributed by atoms with E-state index in [1.165, 1.54) is 30.4 Å². The maximum Gasteiger partial charge on any atom is 0.490 e. The number of nitrogens with zero attached hydrogens (tertiary/aromatic N) is 3. The zero-order chi connectivity index (χ0) is 30.5. The zero-order valence-corrected chi connectivity index (χ0v) is 24.3. The molecule has 42 heavy (non-hydrogen) atoms. The second-order valence-electron chi connectivity index (χ2n) is 11.2. The Hall–Kier alpha value is -3.40. The molecule has 2 heterocycles. The topological polar surface area (TPSA) is 81.2 Å². The predicted octanol–water partition coefficient (Wildman–Crippen LogP) is 5.25. The van der Waals surface area contributed by atoms with Gasteiger partial charge in [0.25, 0.3) is 0 Å². The molecule has 0 aliphatic carbocycles. The van der Waals surface area contributed by atoms with E-state index < -0.39 is 12.1 Å². The number of rotatable bonds is 9. The largest absolute Gasteiger partial charge is 0.490 e. The molecule has 0 unspecified atom stereocenters. The summed E-state index contributed by atoms with van der Waals surface area (Å²) in [6, 6.07) is 21.2. The summed E-state index contributed by atoms with van der Waals surface area (Å²) in [6.07, 6.45) is 1.19. The molecule has 7 nitrogen and oxygen atoms in total. The van der Waals surface area contributed by atoms with Crippen molar-refractivity contribution in [2.45, 2.75) is 58.2 Å². The van der Waals surface area contributed by atoms with Crippen LogP contribution in [0.15, 0.2) is 60.7 Å². The van der Waals surface area contributed by atoms with Crippen molar-refractivity contribution in [2.75, 3.05) is 39.3 Å². The van der Waals surface area contributed by atoms with Crippen molar-refractivity contribution < 1.29 is 32.7 Å². The molecule has 2 aromatic carbocycles. The Kier molecular flexibility index (Phi) is 12.8. The standard InChI is InChI=1S/C30H41N3O2.C2HF3O2/c1-25(34)32-21-15-29(16-22-32)30(35)33(24-28-11-6-3-7-12-28)18-8-17-31-19-13-27(14-20-31)23-26-9-4-2-5-10-26;3-2(4,5)1(6)7/h2-7,9-12,27,29H,8,13-24H2,1H3;(H,6,7). The first kappa shape index (κ1) is 33.1. The monoisotopic (exact) mass is 589 g/mol. The van der Waals surface area contributed by atoms with Gasteiger partial charge in [-0.15, -0.1) is 0 Å². The van der Waals surface area contributed by atoms with E-state index in [2.05, 4.69) is 52.3 Å². The molecule has 2 saturated heterocycles. The lowest BCUT2D eigenvalue weighted by molar-refractivity contribution is -0.192. The van der Waals surface area contributed by atoms with Crippen LogP contribution >= 0.6 is 0 Å². The van der Waals surface area contributed by atoms with Crippen molar-refractivity contribution >= 4 is 17.8 Å². The number of likely N-dealkylation sites (tertiary alicyclic amines) is 2. The van der Waals surface area contributed by atoms with Gasteiger partial charge in [-0.3, -0.25) is 9.59 Å². The third-order valence-corrected chi connectivity index (χ3v) is 8.04. The number of piperidine rings is 2. The summed E-state index contributed by atoms with van der Waals surface area (Å²) in [6.45, 7) is 7.86. The summed E-state index contributed by atoms with van der Waals surface area (Å²) in [4.78, 5) is 40.6. The van der Waals surface area contributed by atoms with E-state index in [1.54, 1.807) is 6.92 Å². The van der Waals surface area contributed by atoms with Crippen molar-refractivity contribution in [3.8, 4) is 0 Å². The Balaban J connectivity index is 0.000000616. The molecule has 0 radical (unpaired) electrons. The average molecular weight is 590 g/mol. The van der Waals surface area contributed by atoms with Gasteiger partial charge < -0.3 is 19.8 Å². The highest BCUT2D eigenvalue weighted by Gasteiger charge is 2.38. The van der Waals surface area contributed by atoms with Crippen LogP contribution in [0.2, 0.25) is 0 Å². The lowest BCUT2D eigenvalue weighted by Gasteiger charge is -2.35. The maximum absolute atomic E-state index is 13.5. The molecule has 0 bridgehead atoms.